The fraction of sp³-hybridized carbons (Fsp3) is 0.0526. The van der Waals surface area contributed by atoms with Crippen molar-refractivity contribution in [3.8, 4) is 21.6 Å². The molecule has 0 fully saturated rings. The van der Waals surface area contributed by atoms with Crippen LogP contribution in [0.4, 0.5) is 0 Å². The Kier molecular flexibility index (Phi) is 3.53. The summed E-state index contributed by atoms with van der Waals surface area (Å²) in [5.41, 5.74) is 6.07. The van der Waals surface area contributed by atoms with Crippen LogP contribution < -0.4 is 0 Å². The predicted molar refractivity (Wildman–Crippen MR) is 89.9 cm³/mol. The number of thiophene rings is 1. The van der Waals surface area contributed by atoms with E-state index in [1.54, 1.807) is 11.3 Å². The second kappa shape index (κ2) is 5.48. The molecule has 98 valence electrons. The number of allylic oxidation sites excluding steroid dienone is 1. The van der Waals surface area contributed by atoms with Crippen molar-refractivity contribution in [1.29, 1.82) is 0 Å². The Balaban J connectivity index is 1.89. The standard InChI is InChI=1S/C19H16S/c1-14(2)15-5-7-16(8-6-15)17-9-11-18(12-10-17)19-4-3-13-20-19/h3-13H,1H2,2H3. The molecule has 0 aliphatic heterocycles. The molecule has 3 aromatic rings. The van der Waals surface area contributed by atoms with Crippen molar-refractivity contribution in [3.63, 3.8) is 0 Å². The van der Waals surface area contributed by atoms with Crippen molar-refractivity contribution < 1.29 is 0 Å². The summed E-state index contributed by atoms with van der Waals surface area (Å²) in [6.07, 6.45) is 0. The van der Waals surface area contributed by atoms with Gasteiger partial charge in [-0.2, -0.15) is 0 Å². The lowest BCUT2D eigenvalue weighted by Gasteiger charge is -2.05. The Hall–Kier alpha value is -2.12. The molecule has 20 heavy (non-hydrogen) atoms. The van der Waals surface area contributed by atoms with Gasteiger partial charge in [-0.15, -0.1) is 11.3 Å². The molecule has 1 aromatic heterocycles. The highest BCUT2D eigenvalue weighted by molar-refractivity contribution is 7.13. The minimum Gasteiger partial charge on any atom is -0.144 e. The monoisotopic (exact) mass is 276 g/mol. The second-order valence-electron chi connectivity index (χ2n) is 4.91. The van der Waals surface area contributed by atoms with Crippen LogP contribution in [0.5, 0.6) is 0 Å². The van der Waals surface area contributed by atoms with Gasteiger partial charge in [0, 0.05) is 4.88 Å². The van der Waals surface area contributed by atoms with Gasteiger partial charge < -0.3 is 0 Å². The molecule has 2 aromatic carbocycles. The van der Waals surface area contributed by atoms with Gasteiger partial charge in [-0.3, -0.25) is 0 Å². The van der Waals surface area contributed by atoms with Crippen molar-refractivity contribution in [3.05, 3.63) is 78.2 Å². The highest BCUT2D eigenvalue weighted by atomic mass is 32.1. The molecule has 0 saturated carbocycles. The first-order chi connectivity index (χ1) is 9.74. The van der Waals surface area contributed by atoms with Gasteiger partial charge >= 0.3 is 0 Å². The van der Waals surface area contributed by atoms with Crippen LogP contribution in [0.15, 0.2) is 72.6 Å². The van der Waals surface area contributed by atoms with Crippen molar-refractivity contribution in [2.75, 3.05) is 0 Å². The Morgan fingerprint density at radius 3 is 1.85 bits per heavy atom. The van der Waals surface area contributed by atoms with E-state index >= 15 is 0 Å². The van der Waals surface area contributed by atoms with E-state index in [1.807, 2.05) is 6.92 Å². The Morgan fingerprint density at radius 2 is 1.35 bits per heavy atom. The average Bonchev–Trinajstić information content (AvgIpc) is 3.02. The summed E-state index contributed by atoms with van der Waals surface area (Å²) in [5, 5.41) is 2.11. The highest BCUT2D eigenvalue weighted by Gasteiger charge is 2.01. The third-order valence-corrected chi connectivity index (χ3v) is 4.32. The number of benzene rings is 2. The van der Waals surface area contributed by atoms with Crippen molar-refractivity contribution in [2.45, 2.75) is 6.92 Å². The molecule has 0 saturated heterocycles. The molecular weight excluding hydrogens is 260 g/mol. The predicted octanol–water partition coefficient (Wildman–Crippen LogP) is 6.12. The van der Waals surface area contributed by atoms with Crippen molar-refractivity contribution >= 4 is 16.9 Å². The molecule has 0 amide bonds. The lowest BCUT2D eigenvalue weighted by Crippen LogP contribution is -1.81. The Bertz CT molecular complexity index is 701. The summed E-state index contributed by atoms with van der Waals surface area (Å²) in [7, 11) is 0. The molecule has 3 rings (SSSR count). The molecular formula is C19H16S. The smallest absolute Gasteiger partial charge is 0.0342 e. The molecule has 0 bridgehead atoms. The molecule has 0 atom stereocenters. The van der Waals surface area contributed by atoms with Gasteiger partial charge in [0.05, 0.1) is 0 Å². The number of rotatable bonds is 3. The third-order valence-electron chi connectivity index (χ3n) is 3.40. The van der Waals surface area contributed by atoms with Gasteiger partial charge in [-0.25, -0.2) is 0 Å². The normalized spacial score (nSPS) is 10.4. The van der Waals surface area contributed by atoms with Crippen LogP contribution in [-0.2, 0) is 0 Å². The van der Waals surface area contributed by atoms with E-state index in [4.69, 9.17) is 0 Å². The summed E-state index contributed by atoms with van der Waals surface area (Å²) in [6.45, 7) is 6.00. The van der Waals surface area contributed by atoms with Gasteiger partial charge in [-0.1, -0.05) is 66.7 Å². The summed E-state index contributed by atoms with van der Waals surface area (Å²) in [5.74, 6) is 0. The van der Waals surface area contributed by atoms with Crippen LogP contribution in [0, 0.1) is 0 Å². The summed E-state index contributed by atoms with van der Waals surface area (Å²) in [4.78, 5) is 1.31. The third kappa shape index (κ3) is 2.59. The van der Waals surface area contributed by atoms with Gasteiger partial charge in [-0.05, 0) is 40.6 Å². The van der Waals surface area contributed by atoms with E-state index in [9.17, 15) is 0 Å². The molecule has 0 radical (unpaired) electrons. The van der Waals surface area contributed by atoms with Crippen LogP contribution in [0.25, 0.3) is 27.1 Å². The minimum absolute atomic E-state index is 1.10. The molecule has 0 N–H and O–H groups in total. The maximum Gasteiger partial charge on any atom is 0.0342 e. The number of hydrogen-bond acceptors (Lipinski definition) is 1. The average molecular weight is 276 g/mol. The summed E-state index contributed by atoms with van der Waals surface area (Å²) in [6, 6.07) is 21.6. The maximum absolute atomic E-state index is 3.97. The fourth-order valence-corrected chi connectivity index (χ4v) is 2.95. The van der Waals surface area contributed by atoms with Gasteiger partial charge in [0.2, 0.25) is 0 Å². The first-order valence-electron chi connectivity index (χ1n) is 6.64. The van der Waals surface area contributed by atoms with E-state index in [2.05, 4.69) is 72.6 Å². The molecule has 0 unspecified atom stereocenters. The zero-order valence-corrected chi connectivity index (χ0v) is 12.3. The maximum atomic E-state index is 3.97. The zero-order chi connectivity index (χ0) is 13.9. The molecule has 1 heterocycles. The van der Waals surface area contributed by atoms with E-state index in [0.29, 0.717) is 0 Å². The van der Waals surface area contributed by atoms with E-state index in [1.165, 1.54) is 27.1 Å². The van der Waals surface area contributed by atoms with E-state index < -0.39 is 0 Å². The molecule has 0 spiro atoms. The Morgan fingerprint density at radius 1 is 0.800 bits per heavy atom. The molecule has 0 aliphatic rings. The quantitative estimate of drug-likeness (QED) is 0.541. The lowest BCUT2D eigenvalue weighted by atomic mass is 10.0. The first kappa shape index (κ1) is 12.9. The molecule has 0 nitrogen and oxygen atoms in total. The topological polar surface area (TPSA) is 0 Å². The molecule has 0 aliphatic carbocycles. The van der Waals surface area contributed by atoms with Crippen molar-refractivity contribution in [2.24, 2.45) is 0 Å². The highest BCUT2D eigenvalue weighted by Crippen LogP contribution is 2.28. The van der Waals surface area contributed by atoms with Gasteiger partial charge in [0.25, 0.3) is 0 Å². The van der Waals surface area contributed by atoms with Crippen LogP contribution in [-0.4, -0.2) is 0 Å². The lowest BCUT2D eigenvalue weighted by molar-refractivity contribution is 1.56. The largest absolute Gasteiger partial charge is 0.144 e. The summed E-state index contributed by atoms with van der Waals surface area (Å²) >= 11 is 1.77. The second-order valence-corrected chi connectivity index (χ2v) is 5.86. The van der Waals surface area contributed by atoms with Gasteiger partial charge in [0.15, 0.2) is 0 Å². The van der Waals surface area contributed by atoms with E-state index in [0.717, 1.165) is 5.57 Å². The van der Waals surface area contributed by atoms with Gasteiger partial charge in [0.1, 0.15) is 0 Å². The van der Waals surface area contributed by atoms with Crippen LogP contribution in [0.2, 0.25) is 0 Å². The van der Waals surface area contributed by atoms with Crippen LogP contribution in [0.3, 0.4) is 0 Å². The summed E-state index contributed by atoms with van der Waals surface area (Å²) < 4.78 is 0. The minimum atomic E-state index is 1.10. The van der Waals surface area contributed by atoms with Crippen LogP contribution >= 0.6 is 11.3 Å². The SMILES string of the molecule is C=C(C)c1ccc(-c2ccc(-c3cccs3)cc2)cc1. The molecule has 1 heteroatoms. The van der Waals surface area contributed by atoms with E-state index in [-0.39, 0.29) is 0 Å². The van der Waals surface area contributed by atoms with Crippen LogP contribution in [0.1, 0.15) is 12.5 Å². The first-order valence-corrected chi connectivity index (χ1v) is 7.52. The number of hydrogen-bond donors (Lipinski definition) is 0. The fourth-order valence-electron chi connectivity index (χ4n) is 2.22. The van der Waals surface area contributed by atoms with Crippen molar-refractivity contribution in [1.82, 2.24) is 0 Å². The zero-order valence-electron chi connectivity index (χ0n) is 11.5. The Labute approximate surface area is 124 Å².